The van der Waals surface area contributed by atoms with Crippen LogP contribution in [0, 0.1) is 13.8 Å². The van der Waals surface area contributed by atoms with Crippen molar-refractivity contribution < 1.29 is 9.53 Å². The monoisotopic (exact) mass is 471 g/mol. The SMILES string of the molecule is CCc1c(C)sc2nc(SCC(=O)NCc3ccccc3C)n(CC3CCCO3)c(=O)c12. The van der Waals surface area contributed by atoms with Crippen molar-refractivity contribution in [3.63, 3.8) is 0 Å². The molecule has 1 fully saturated rings. The molecule has 1 unspecified atom stereocenters. The summed E-state index contributed by atoms with van der Waals surface area (Å²) in [6.07, 6.45) is 2.77. The number of ether oxygens (including phenoxy) is 1. The number of carbonyl (C=O) groups excluding carboxylic acids is 1. The molecule has 6 nitrogen and oxygen atoms in total. The average molecular weight is 472 g/mol. The van der Waals surface area contributed by atoms with Crippen LogP contribution in [0.5, 0.6) is 0 Å². The summed E-state index contributed by atoms with van der Waals surface area (Å²) >= 11 is 2.88. The summed E-state index contributed by atoms with van der Waals surface area (Å²) in [4.78, 5) is 32.7. The second-order valence-corrected chi connectivity index (χ2v) is 10.3. The number of thiophene rings is 1. The van der Waals surface area contributed by atoms with Gasteiger partial charge in [0.05, 0.1) is 23.8 Å². The number of aromatic nitrogens is 2. The van der Waals surface area contributed by atoms with Gasteiger partial charge >= 0.3 is 0 Å². The molecule has 0 bridgehead atoms. The molecule has 1 N–H and O–H groups in total. The van der Waals surface area contributed by atoms with Gasteiger partial charge < -0.3 is 10.1 Å². The lowest BCUT2D eigenvalue weighted by atomic mass is 10.1. The van der Waals surface area contributed by atoms with Gasteiger partial charge in [-0.05, 0) is 49.8 Å². The van der Waals surface area contributed by atoms with Crippen LogP contribution in [0.4, 0.5) is 0 Å². The van der Waals surface area contributed by atoms with Gasteiger partial charge in [0.1, 0.15) is 4.83 Å². The number of nitrogens with zero attached hydrogens (tertiary/aromatic N) is 2. The van der Waals surface area contributed by atoms with Gasteiger partial charge in [-0.25, -0.2) is 4.98 Å². The Balaban J connectivity index is 1.55. The van der Waals surface area contributed by atoms with Crippen molar-refractivity contribution >= 4 is 39.2 Å². The summed E-state index contributed by atoms with van der Waals surface area (Å²) in [7, 11) is 0. The van der Waals surface area contributed by atoms with Crippen LogP contribution in [0.1, 0.15) is 41.3 Å². The molecule has 4 rings (SSSR count). The first kappa shape index (κ1) is 23.0. The second-order valence-electron chi connectivity index (χ2n) is 8.11. The van der Waals surface area contributed by atoms with E-state index in [1.807, 2.05) is 38.1 Å². The van der Waals surface area contributed by atoms with Crippen LogP contribution in [0.3, 0.4) is 0 Å². The van der Waals surface area contributed by atoms with E-state index in [9.17, 15) is 9.59 Å². The van der Waals surface area contributed by atoms with E-state index in [1.54, 1.807) is 15.9 Å². The molecular formula is C24H29N3O3S2. The molecule has 3 aromatic rings. The minimum atomic E-state index is -0.0760. The third-order valence-corrected chi connectivity index (χ3v) is 7.93. The molecule has 1 aliphatic rings. The highest BCUT2D eigenvalue weighted by atomic mass is 32.2. The zero-order chi connectivity index (χ0) is 22.7. The molecule has 0 aliphatic carbocycles. The number of carbonyl (C=O) groups is 1. The van der Waals surface area contributed by atoms with Gasteiger partial charge in [0.2, 0.25) is 5.91 Å². The Bertz CT molecular complexity index is 1180. The summed E-state index contributed by atoms with van der Waals surface area (Å²) < 4.78 is 7.52. The minimum Gasteiger partial charge on any atom is -0.376 e. The van der Waals surface area contributed by atoms with Crippen molar-refractivity contribution in [1.82, 2.24) is 14.9 Å². The molecule has 0 radical (unpaired) electrons. The molecule has 1 aliphatic heterocycles. The lowest BCUT2D eigenvalue weighted by Crippen LogP contribution is -2.30. The third-order valence-electron chi connectivity index (χ3n) is 5.91. The maximum atomic E-state index is 13.5. The fraction of sp³-hybridized carbons (Fsp3) is 0.458. The number of hydrogen-bond donors (Lipinski definition) is 1. The Morgan fingerprint density at radius 2 is 2.16 bits per heavy atom. The van der Waals surface area contributed by atoms with Crippen molar-refractivity contribution in [3.05, 3.63) is 56.2 Å². The van der Waals surface area contributed by atoms with Crippen LogP contribution in [-0.2, 0) is 29.0 Å². The summed E-state index contributed by atoms with van der Waals surface area (Å²) in [6.45, 7) is 7.85. The van der Waals surface area contributed by atoms with Crippen LogP contribution in [0.15, 0.2) is 34.2 Å². The fourth-order valence-electron chi connectivity index (χ4n) is 4.10. The van der Waals surface area contributed by atoms with Gasteiger partial charge in [-0.15, -0.1) is 11.3 Å². The first-order chi connectivity index (χ1) is 15.5. The summed E-state index contributed by atoms with van der Waals surface area (Å²) in [5, 5.41) is 4.29. The minimum absolute atomic E-state index is 0.0190. The maximum Gasteiger partial charge on any atom is 0.263 e. The number of fused-ring (bicyclic) bond motifs is 1. The van der Waals surface area contributed by atoms with E-state index in [1.165, 1.54) is 11.8 Å². The molecule has 1 saturated heterocycles. The van der Waals surface area contributed by atoms with Gasteiger partial charge in [0.25, 0.3) is 5.56 Å². The van der Waals surface area contributed by atoms with Crippen molar-refractivity contribution in [3.8, 4) is 0 Å². The molecule has 1 aromatic carbocycles. The Hall–Kier alpha value is -2.16. The van der Waals surface area contributed by atoms with Gasteiger partial charge in [-0.2, -0.15) is 0 Å². The predicted octanol–water partition coefficient (Wildman–Crippen LogP) is 4.22. The second kappa shape index (κ2) is 10.2. The van der Waals surface area contributed by atoms with Gasteiger partial charge in [-0.3, -0.25) is 14.2 Å². The Labute approximate surface area is 196 Å². The van der Waals surface area contributed by atoms with Crippen LogP contribution < -0.4 is 10.9 Å². The third kappa shape index (κ3) is 4.92. The van der Waals surface area contributed by atoms with Crippen LogP contribution in [0.2, 0.25) is 0 Å². The van der Waals surface area contributed by atoms with E-state index in [-0.39, 0.29) is 23.3 Å². The average Bonchev–Trinajstić information content (AvgIpc) is 3.40. The van der Waals surface area contributed by atoms with E-state index in [0.717, 1.165) is 57.7 Å². The molecule has 170 valence electrons. The first-order valence-electron chi connectivity index (χ1n) is 11.1. The molecule has 2 aromatic heterocycles. The highest BCUT2D eigenvalue weighted by molar-refractivity contribution is 7.99. The predicted molar refractivity (Wildman–Crippen MR) is 131 cm³/mol. The number of thioether (sulfide) groups is 1. The van der Waals surface area contributed by atoms with Crippen molar-refractivity contribution in [2.24, 2.45) is 0 Å². The first-order valence-corrected chi connectivity index (χ1v) is 12.9. The molecular weight excluding hydrogens is 442 g/mol. The fourth-order valence-corrected chi connectivity index (χ4v) is 6.10. The lowest BCUT2D eigenvalue weighted by molar-refractivity contribution is -0.118. The summed E-state index contributed by atoms with van der Waals surface area (Å²) in [5.41, 5.74) is 3.31. The zero-order valence-electron chi connectivity index (χ0n) is 18.8. The molecule has 1 atom stereocenters. The van der Waals surface area contributed by atoms with Crippen LogP contribution in [0.25, 0.3) is 10.2 Å². The number of amides is 1. The number of aryl methyl sites for hydroxylation is 3. The molecule has 3 heterocycles. The number of benzene rings is 1. The van der Waals surface area contributed by atoms with E-state index in [4.69, 9.17) is 9.72 Å². The number of rotatable bonds is 8. The Morgan fingerprint density at radius 3 is 2.88 bits per heavy atom. The highest BCUT2D eigenvalue weighted by Crippen LogP contribution is 2.30. The van der Waals surface area contributed by atoms with Crippen LogP contribution in [-0.4, -0.2) is 33.9 Å². The molecule has 1 amide bonds. The van der Waals surface area contributed by atoms with E-state index < -0.39 is 0 Å². The number of nitrogens with one attached hydrogen (secondary N) is 1. The van der Waals surface area contributed by atoms with Gasteiger partial charge in [0, 0.05) is 18.0 Å². The standard InChI is InChI=1S/C24H29N3O3S2/c1-4-19-16(3)32-22-21(19)23(29)27(13-18-10-7-11-30-18)24(26-22)31-14-20(28)25-12-17-9-6-5-8-15(17)2/h5-6,8-9,18H,4,7,10-14H2,1-3H3,(H,25,28). The largest absolute Gasteiger partial charge is 0.376 e. The van der Waals surface area contributed by atoms with Crippen molar-refractivity contribution in [2.45, 2.75) is 64.4 Å². The summed E-state index contributed by atoms with van der Waals surface area (Å²) in [5.74, 6) is 0.133. The zero-order valence-corrected chi connectivity index (χ0v) is 20.4. The van der Waals surface area contributed by atoms with Crippen LogP contribution >= 0.6 is 23.1 Å². The maximum absolute atomic E-state index is 13.5. The molecule has 0 spiro atoms. The van der Waals surface area contributed by atoms with Gasteiger partial charge in [0.15, 0.2) is 5.16 Å². The quantitative estimate of drug-likeness (QED) is 0.393. The Kier molecular flexibility index (Phi) is 7.33. The molecule has 8 heteroatoms. The highest BCUT2D eigenvalue weighted by Gasteiger charge is 2.23. The van der Waals surface area contributed by atoms with E-state index in [2.05, 4.69) is 12.2 Å². The normalized spacial score (nSPS) is 16.0. The van der Waals surface area contributed by atoms with Crippen molar-refractivity contribution in [2.75, 3.05) is 12.4 Å². The molecule has 0 saturated carbocycles. The topological polar surface area (TPSA) is 73.2 Å². The summed E-state index contributed by atoms with van der Waals surface area (Å²) in [6, 6.07) is 8.01. The van der Waals surface area contributed by atoms with E-state index >= 15 is 0 Å². The molecule has 32 heavy (non-hydrogen) atoms. The van der Waals surface area contributed by atoms with Crippen molar-refractivity contribution in [1.29, 1.82) is 0 Å². The van der Waals surface area contributed by atoms with Gasteiger partial charge in [-0.1, -0.05) is 43.0 Å². The van der Waals surface area contributed by atoms with E-state index in [0.29, 0.717) is 18.2 Å². The lowest BCUT2D eigenvalue weighted by Gasteiger charge is -2.16. The smallest absolute Gasteiger partial charge is 0.263 e. The Morgan fingerprint density at radius 1 is 1.34 bits per heavy atom. The number of hydrogen-bond acceptors (Lipinski definition) is 6.